The van der Waals surface area contributed by atoms with E-state index in [1.807, 2.05) is 31.7 Å². The first kappa shape index (κ1) is 23.7. The van der Waals surface area contributed by atoms with Crippen molar-refractivity contribution in [2.45, 2.75) is 52.5 Å². The molecule has 0 radical (unpaired) electrons. The van der Waals surface area contributed by atoms with E-state index in [1.165, 1.54) is 0 Å². The van der Waals surface area contributed by atoms with E-state index in [4.69, 9.17) is 4.74 Å². The molecule has 3 amide bonds. The summed E-state index contributed by atoms with van der Waals surface area (Å²) in [6.45, 7) is 7.65. The second kappa shape index (κ2) is 11.6. The molecule has 0 aliphatic carbocycles. The molecule has 1 saturated heterocycles. The molecule has 7 nitrogen and oxygen atoms in total. The maximum atomic E-state index is 12.8. The average Bonchev–Trinajstić information content (AvgIpc) is 2.75. The van der Waals surface area contributed by atoms with Crippen LogP contribution < -0.4 is 15.4 Å². The number of hydrogen-bond donors (Lipinski definition) is 2. The number of benzene rings is 1. The van der Waals surface area contributed by atoms with Crippen molar-refractivity contribution < 1.29 is 19.1 Å². The molecule has 0 spiro atoms. The van der Waals surface area contributed by atoms with Crippen LogP contribution in [-0.4, -0.2) is 55.4 Å². The zero-order chi connectivity index (χ0) is 22.1. The van der Waals surface area contributed by atoms with E-state index in [0.717, 1.165) is 6.42 Å². The lowest BCUT2D eigenvalue weighted by Gasteiger charge is -2.36. The van der Waals surface area contributed by atoms with Gasteiger partial charge in [0.2, 0.25) is 11.8 Å². The van der Waals surface area contributed by atoms with Crippen LogP contribution in [0.25, 0.3) is 0 Å². The van der Waals surface area contributed by atoms with Gasteiger partial charge < -0.3 is 20.3 Å². The van der Waals surface area contributed by atoms with Gasteiger partial charge in [0.15, 0.2) is 0 Å². The lowest BCUT2D eigenvalue weighted by molar-refractivity contribution is -0.131. The zero-order valence-electron chi connectivity index (χ0n) is 18.6. The molecule has 1 aromatic carbocycles. The summed E-state index contributed by atoms with van der Waals surface area (Å²) in [5, 5.41) is 5.86. The zero-order valence-corrected chi connectivity index (χ0v) is 18.6. The summed E-state index contributed by atoms with van der Waals surface area (Å²) in [4.78, 5) is 39.7. The summed E-state index contributed by atoms with van der Waals surface area (Å²) in [6, 6.07) is 6.57. The first-order valence-corrected chi connectivity index (χ1v) is 10.9. The molecule has 2 rings (SSSR count). The number of carbonyl (C=O) groups excluding carboxylic acids is 3. The van der Waals surface area contributed by atoms with Crippen molar-refractivity contribution in [3.8, 4) is 5.75 Å². The third-order valence-corrected chi connectivity index (χ3v) is 5.36. The van der Waals surface area contributed by atoms with Crippen LogP contribution in [0.1, 0.15) is 56.8 Å². The molecule has 2 N–H and O–H groups in total. The van der Waals surface area contributed by atoms with Crippen LogP contribution in [-0.2, 0) is 9.59 Å². The standard InChI is InChI=1S/C23H35N3O4/c1-5-11-24-22(28)21(25-20(27)14-16(2)3)17-9-12-26(13-10-17)23(29)18-7-6-8-19(15-18)30-4/h6-8,15-17,21H,5,9-14H2,1-4H3,(H,24,28)(H,25,27)/t21-/m1/s1. The van der Waals surface area contributed by atoms with Crippen LogP contribution in [0.15, 0.2) is 24.3 Å². The Hall–Kier alpha value is -2.57. The number of amides is 3. The molecule has 30 heavy (non-hydrogen) atoms. The molecule has 0 unspecified atom stereocenters. The van der Waals surface area contributed by atoms with E-state index in [9.17, 15) is 14.4 Å². The lowest BCUT2D eigenvalue weighted by Crippen LogP contribution is -2.54. The lowest BCUT2D eigenvalue weighted by atomic mass is 9.88. The van der Waals surface area contributed by atoms with Gasteiger partial charge in [-0.15, -0.1) is 0 Å². The summed E-state index contributed by atoms with van der Waals surface area (Å²) in [6.07, 6.45) is 2.57. The predicted octanol–water partition coefficient (Wildman–Crippen LogP) is 2.60. The minimum atomic E-state index is -0.558. The van der Waals surface area contributed by atoms with Crippen LogP contribution in [0.3, 0.4) is 0 Å². The van der Waals surface area contributed by atoms with Gasteiger partial charge in [-0.1, -0.05) is 26.8 Å². The number of hydrogen-bond acceptors (Lipinski definition) is 4. The maximum Gasteiger partial charge on any atom is 0.253 e. The van der Waals surface area contributed by atoms with E-state index in [1.54, 1.807) is 25.3 Å². The second-order valence-corrected chi connectivity index (χ2v) is 8.30. The van der Waals surface area contributed by atoms with Crippen LogP contribution in [0.4, 0.5) is 0 Å². The van der Waals surface area contributed by atoms with Gasteiger partial charge in [0.05, 0.1) is 7.11 Å². The Bertz CT molecular complexity index is 727. The number of nitrogens with zero attached hydrogens (tertiary/aromatic N) is 1. The smallest absolute Gasteiger partial charge is 0.253 e. The molecule has 0 aromatic heterocycles. The van der Waals surface area contributed by atoms with Gasteiger partial charge in [-0.05, 0) is 49.3 Å². The SMILES string of the molecule is CCCNC(=O)[C@H](NC(=O)CC(C)C)C1CCN(C(=O)c2cccc(OC)c2)CC1. The molecule has 1 aliphatic rings. The normalized spacial score (nSPS) is 15.6. The number of carbonyl (C=O) groups is 3. The van der Waals surface area contributed by atoms with E-state index in [2.05, 4.69) is 10.6 Å². The quantitative estimate of drug-likeness (QED) is 0.647. The van der Waals surface area contributed by atoms with Crippen LogP contribution >= 0.6 is 0 Å². The minimum Gasteiger partial charge on any atom is -0.497 e. The van der Waals surface area contributed by atoms with Crippen molar-refractivity contribution in [3.05, 3.63) is 29.8 Å². The number of piperidine rings is 1. The Balaban J connectivity index is 2.02. The average molecular weight is 418 g/mol. The first-order chi connectivity index (χ1) is 14.3. The summed E-state index contributed by atoms with van der Waals surface area (Å²) in [7, 11) is 1.58. The second-order valence-electron chi connectivity index (χ2n) is 8.30. The van der Waals surface area contributed by atoms with Crippen molar-refractivity contribution in [1.82, 2.24) is 15.5 Å². The molecule has 0 saturated carbocycles. The molecule has 1 aromatic rings. The van der Waals surface area contributed by atoms with E-state index in [0.29, 0.717) is 50.2 Å². The van der Waals surface area contributed by atoms with Gasteiger partial charge in [-0.3, -0.25) is 14.4 Å². The van der Waals surface area contributed by atoms with E-state index < -0.39 is 6.04 Å². The maximum absolute atomic E-state index is 12.8. The highest BCUT2D eigenvalue weighted by molar-refractivity contribution is 5.94. The summed E-state index contributed by atoms with van der Waals surface area (Å²) < 4.78 is 5.21. The number of likely N-dealkylation sites (tertiary alicyclic amines) is 1. The molecular weight excluding hydrogens is 382 g/mol. The first-order valence-electron chi connectivity index (χ1n) is 10.9. The monoisotopic (exact) mass is 417 g/mol. The van der Waals surface area contributed by atoms with Gasteiger partial charge in [0.25, 0.3) is 5.91 Å². The summed E-state index contributed by atoms with van der Waals surface area (Å²) in [5.74, 6) is 0.613. The predicted molar refractivity (Wildman–Crippen MR) is 116 cm³/mol. The summed E-state index contributed by atoms with van der Waals surface area (Å²) >= 11 is 0. The van der Waals surface area contributed by atoms with Gasteiger partial charge >= 0.3 is 0 Å². The number of methoxy groups -OCH3 is 1. The number of rotatable bonds is 9. The molecule has 1 heterocycles. The number of nitrogens with one attached hydrogen (secondary N) is 2. The Morgan fingerprint density at radius 1 is 1.20 bits per heavy atom. The van der Waals surface area contributed by atoms with Crippen LogP contribution in [0, 0.1) is 11.8 Å². The topological polar surface area (TPSA) is 87.7 Å². The van der Waals surface area contributed by atoms with Crippen LogP contribution in [0.2, 0.25) is 0 Å². The number of ether oxygens (including phenoxy) is 1. The molecule has 1 atom stereocenters. The molecule has 7 heteroatoms. The fourth-order valence-corrected chi connectivity index (χ4v) is 3.73. The largest absolute Gasteiger partial charge is 0.497 e. The molecule has 1 aliphatic heterocycles. The third kappa shape index (κ3) is 6.75. The molecule has 1 fully saturated rings. The third-order valence-electron chi connectivity index (χ3n) is 5.36. The highest BCUT2D eigenvalue weighted by Crippen LogP contribution is 2.24. The van der Waals surface area contributed by atoms with Gasteiger partial charge in [0.1, 0.15) is 11.8 Å². The van der Waals surface area contributed by atoms with Gasteiger partial charge in [-0.2, -0.15) is 0 Å². The van der Waals surface area contributed by atoms with E-state index >= 15 is 0 Å². The fraction of sp³-hybridized carbons (Fsp3) is 0.609. The Kier molecular flexibility index (Phi) is 9.15. The Morgan fingerprint density at radius 2 is 1.90 bits per heavy atom. The van der Waals surface area contributed by atoms with Gasteiger partial charge in [-0.25, -0.2) is 0 Å². The van der Waals surface area contributed by atoms with Crippen molar-refractivity contribution in [3.63, 3.8) is 0 Å². The molecular formula is C23H35N3O4. The highest BCUT2D eigenvalue weighted by Gasteiger charge is 2.34. The van der Waals surface area contributed by atoms with Crippen molar-refractivity contribution >= 4 is 17.7 Å². The van der Waals surface area contributed by atoms with E-state index in [-0.39, 0.29) is 29.6 Å². The minimum absolute atomic E-state index is 0.00679. The fourth-order valence-electron chi connectivity index (χ4n) is 3.73. The Labute approximate surface area is 179 Å². The van der Waals surface area contributed by atoms with Crippen molar-refractivity contribution in [2.24, 2.45) is 11.8 Å². The molecule has 0 bridgehead atoms. The Morgan fingerprint density at radius 3 is 2.50 bits per heavy atom. The summed E-state index contributed by atoms with van der Waals surface area (Å²) in [5.41, 5.74) is 0.593. The van der Waals surface area contributed by atoms with Crippen LogP contribution in [0.5, 0.6) is 5.75 Å². The van der Waals surface area contributed by atoms with Crippen molar-refractivity contribution in [1.29, 1.82) is 0 Å². The van der Waals surface area contributed by atoms with Crippen molar-refractivity contribution in [2.75, 3.05) is 26.7 Å². The highest BCUT2D eigenvalue weighted by atomic mass is 16.5. The molecule has 166 valence electrons. The van der Waals surface area contributed by atoms with Gasteiger partial charge in [0, 0.05) is 31.6 Å².